The van der Waals surface area contributed by atoms with Crippen LogP contribution in [0.25, 0.3) is 0 Å². The number of carbonyl (C=O) groups is 1. The maximum Gasteiger partial charge on any atom is 0.306 e. The van der Waals surface area contributed by atoms with Gasteiger partial charge in [-0.15, -0.1) is 0 Å². The van der Waals surface area contributed by atoms with E-state index in [0.717, 1.165) is 42.5 Å². The van der Waals surface area contributed by atoms with Gasteiger partial charge in [0, 0.05) is 19.0 Å². The molecule has 0 spiro atoms. The zero-order chi connectivity index (χ0) is 26.9. The predicted octanol–water partition coefficient (Wildman–Crippen LogP) is 6.47. The Labute approximate surface area is 229 Å². The number of halogens is 3. The smallest absolute Gasteiger partial charge is 0.306 e. The Hall–Kier alpha value is -1.70. The molecule has 1 aliphatic rings. The molecule has 3 rings (SSSR count). The summed E-state index contributed by atoms with van der Waals surface area (Å²) in [6, 6.07) is 9.33. The molecule has 1 N–H and O–H groups in total. The van der Waals surface area contributed by atoms with Crippen LogP contribution in [0.4, 0.5) is 4.39 Å². The number of benzene rings is 2. The second kappa shape index (κ2) is 14.5. The molecule has 1 fully saturated rings. The van der Waals surface area contributed by atoms with Crippen LogP contribution in [0, 0.1) is 12.7 Å². The van der Waals surface area contributed by atoms with E-state index in [4.69, 9.17) is 32.7 Å². The molecule has 0 saturated carbocycles. The van der Waals surface area contributed by atoms with Crippen LogP contribution in [-0.2, 0) is 27.1 Å². The summed E-state index contributed by atoms with van der Waals surface area (Å²) in [6.07, 6.45) is 3.19. The van der Waals surface area contributed by atoms with E-state index >= 15 is 0 Å². The largest absolute Gasteiger partial charge is 0.466 e. The van der Waals surface area contributed by atoms with Gasteiger partial charge in [-0.05, 0) is 92.9 Å². The van der Waals surface area contributed by atoms with Crippen molar-refractivity contribution in [3.63, 3.8) is 0 Å². The number of aliphatic hydroxyl groups is 1. The lowest BCUT2D eigenvalue weighted by Crippen LogP contribution is -2.39. The molecule has 0 aromatic heterocycles. The highest BCUT2D eigenvalue weighted by atomic mass is 35.5. The third-order valence-corrected chi connectivity index (χ3v) is 7.67. The normalized spacial score (nSPS) is 17.6. The van der Waals surface area contributed by atoms with Crippen molar-refractivity contribution in [3.8, 4) is 0 Å². The number of nitrogens with zero attached hydrogens (tertiary/aromatic N) is 1. The summed E-state index contributed by atoms with van der Waals surface area (Å²) in [5, 5.41) is 11.9. The number of carbonyl (C=O) groups excluding carboxylic acids is 1. The molecule has 1 heterocycles. The van der Waals surface area contributed by atoms with Crippen molar-refractivity contribution < 1.29 is 23.8 Å². The van der Waals surface area contributed by atoms with Crippen molar-refractivity contribution in [2.24, 2.45) is 0 Å². The number of β-amino-alcohol motifs (C(OH)–C–C–N with tert-alkyl or cyclic N) is 1. The van der Waals surface area contributed by atoms with Gasteiger partial charge in [-0.3, -0.25) is 9.69 Å². The molecule has 2 aromatic rings. The average molecular weight is 555 g/mol. The summed E-state index contributed by atoms with van der Waals surface area (Å²) in [5.74, 6) is -0.583. The number of likely N-dealkylation sites (tertiary alicyclic amines) is 1. The third kappa shape index (κ3) is 8.66. The van der Waals surface area contributed by atoms with Crippen molar-refractivity contribution in [3.05, 3.63) is 68.4 Å². The van der Waals surface area contributed by atoms with Gasteiger partial charge in [-0.1, -0.05) is 42.3 Å². The Morgan fingerprint density at radius 2 is 2.00 bits per heavy atom. The van der Waals surface area contributed by atoms with Gasteiger partial charge in [-0.2, -0.15) is 0 Å². The first-order valence-electron chi connectivity index (χ1n) is 13.1. The van der Waals surface area contributed by atoms with E-state index in [0.29, 0.717) is 47.6 Å². The highest BCUT2D eigenvalue weighted by Gasteiger charge is 2.27. The fraction of sp³-hybridized carbons (Fsp3) is 0.552. The third-order valence-electron chi connectivity index (χ3n) is 6.93. The van der Waals surface area contributed by atoms with Crippen LogP contribution in [0.2, 0.25) is 10.0 Å². The summed E-state index contributed by atoms with van der Waals surface area (Å²) in [5.41, 5.74) is 3.25. The lowest BCUT2D eigenvalue weighted by molar-refractivity contribution is -0.143. The second-order valence-corrected chi connectivity index (χ2v) is 10.5. The van der Waals surface area contributed by atoms with E-state index in [-0.39, 0.29) is 30.9 Å². The van der Waals surface area contributed by atoms with Gasteiger partial charge < -0.3 is 14.6 Å². The topological polar surface area (TPSA) is 59.0 Å². The van der Waals surface area contributed by atoms with E-state index in [2.05, 4.69) is 4.90 Å². The lowest BCUT2D eigenvalue weighted by atomic mass is 9.95. The van der Waals surface area contributed by atoms with Gasteiger partial charge in [0.15, 0.2) is 0 Å². The Morgan fingerprint density at radius 3 is 2.70 bits per heavy atom. The first-order chi connectivity index (χ1) is 17.7. The summed E-state index contributed by atoms with van der Waals surface area (Å²) < 4.78 is 25.7. The summed E-state index contributed by atoms with van der Waals surface area (Å²) in [4.78, 5) is 14.2. The highest BCUT2D eigenvalue weighted by molar-refractivity contribution is 6.42. The minimum atomic E-state index is -0.679. The van der Waals surface area contributed by atoms with Crippen molar-refractivity contribution in [2.75, 3.05) is 26.3 Å². The quantitative estimate of drug-likeness (QED) is 0.288. The van der Waals surface area contributed by atoms with E-state index in [1.54, 1.807) is 19.9 Å². The van der Waals surface area contributed by atoms with Crippen LogP contribution >= 0.6 is 23.2 Å². The summed E-state index contributed by atoms with van der Waals surface area (Å²) >= 11 is 12.2. The van der Waals surface area contributed by atoms with Gasteiger partial charge in [0.05, 0.1) is 35.5 Å². The summed E-state index contributed by atoms with van der Waals surface area (Å²) in [6.45, 7) is 7.34. The number of aliphatic hydroxyl groups excluding tert-OH is 1. The van der Waals surface area contributed by atoms with E-state index < -0.39 is 6.10 Å². The lowest BCUT2D eigenvalue weighted by Gasteiger charge is -2.28. The van der Waals surface area contributed by atoms with E-state index in [1.807, 2.05) is 25.1 Å². The number of ether oxygens (including phenoxy) is 2. The van der Waals surface area contributed by atoms with Crippen molar-refractivity contribution in [2.45, 2.75) is 77.5 Å². The molecular weight excluding hydrogens is 516 g/mol. The predicted molar refractivity (Wildman–Crippen MR) is 146 cm³/mol. The van der Waals surface area contributed by atoms with Crippen LogP contribution in [0.15, 0.2) is 30.3 Å². The van der Waals surface area contributed by atoms with Crippen LogP contribution in [0.3, 0.4) is 0 Å². The Bertz CT molecular complexity index is 1050. The van der Waals surface area contributed by atoms with Crippen molar-refractivity contribution in [1.29, 1.82) is 0 Å². The molecule has 2 aromatic carbocycles. The molecular formula is C29H38Cl2FNO4. The zero-order valence-electron chi connectivity index (χ0n) is 21.9. The number of aryl methyl sites for hydroxylation is 2. The fourth-order valence-corrected chi connectivity index (χ4v) is 5.35. The molecule has 0 bridgehead atoms. The molecule has 0 unspecified atom stereocenters. The van der Waals surface area contributed by atoms with E-state index in [9.17, 15) is 14.3 Å². The highest BCUT2D eigenvalue weighted by Crippen LogP contribution is 2.30. The Morgan fingerprint density at radius 1 is 1.22 bits per heavy atom. The number of hydrogen-bond acceptors (Lipinski definition) is 5. The molecule has 5 nitrogen and oxygen atoms in total. The second-order valence-electron chi connectivity index (χ2n) is 9.73. The van der Waals surface area contributed by atoms with Crippen molar-refractivity contribution >= 4 is 29.2 Å². The zero-order valence-corrected chi connectivity index (χ0v) is 23.5. The minimum Gasteiger partial charge on any atom is -0.466 e. The molecule has 0 radical (unpaired) electrons. The molecule has 3 atom stereocenters. The van der Waals surface area contributed by atoms with Crippen LogP contribution < -0.4 is 0 Å². The minimum absolute atomic E-state index is 0.140. The number of rotatable bonds is 13. The molecule has 0 amide bonds. The molecule has 37 heavy (non-hydrogen) atoms. The molecule has 8 heteroatoms. The van der Waals surface area contributed by atoms with Crippen LogP contribution in [-0.4, -0.2) is 54.4 Å². The van der Waals surface area contributed by atoms with Crippen molar-refractivity contribution in [1.82, 2.24) is 4.90 Å². The number of hydrogen-bond donors (Lipinski definition) is 1. The monoisotopic (exact) mass is 553 g/mol. The van der Waals surface area contributed by atoms with Crippen LogP contribution in [0.5, 0.6) is 0 Å². The average Bonchev–Trinajstić information content (AvgIpc) is 3.29. The maximum atomic E-state index is 14.5. The standard InChI is InChI=1S/C29H38Cl2FNO4/c1-4-28(24-16-27(32)19(3)13-21(24)9-11-29(35)36-5-2)37-18-23(34)17-33-12-6-7-22(33)14-20-8-10-25(30)26(31)15-20/h8,10,13,15-16,22-23,28,34H,4-7,9,11-12,14,17-18H2,1-3H3/t22-,23+,28+/m0/s1. The van der Waals surface area contributed by atoms with Gasteiger partial charge in [-0.25, -0.2) is 4.39 Å². The first-order valence-corrected chi connectivity index (χ1v) is 13.9. The summed E-state index contributed by atoms with van der Waals surface area (Å²) in [7, 11) is 0. The van der Waals surface area contributed by atoms with E-state index in [1.165, 1.54) is 6.07 Å². The van der Waals surface area contributed by atoms with Gasteiger partial charge >= 0.3 is 5.97 Å². The number of esters is 1. The van der Waals surface area contributed by atoms with Gasteiger partial charge in [0.25, 0.3) is 0 Å². The first kappa shape index (κ1) is 29.9. The maximum absolute atomic E-state index is 14.5. The SMILES string of the molecule is CCOC(=O)CCc1cc(C)c(F)cc1[C@@H](CC)OC[C@H](O)CN1CCC[C@H]1Cc1ccc(Cl)c(Cl)c1. The Balaban J connectivity index is 1.60. The van der Waals surface area contributed by atoms with Crippen LogP contribution in [0.1, 0.15) is 67.9 Å². The molecule has 1 aliphatic heterocycles. The Kier molecular flexibility index (Phi) is 11.7. The van der Waals surface area contributed by atoms with Gasteiger partial charge in [0.1, 0.15) is 5.82 Å². The molecule has 1 saturated heterocycles. The molecule has 0 aliphatic carbocycles. The molecule has 204 valence electrons. The fourth-order valence-electron chi connectivity index (χ4n) is 5.03. The van der Waals surface area contributed by atoms with Gasteiger partial charge in [0.2, 0.25) is 0 Å².